The van der Waals surface area contributed by atoms with Crippen molar-refractivity contribution in [1.29, 1.82) is 0 Å². The van der Waals surface area contributed by atoms with Gasteiger partial charge in [-0.15, -0.1) is 11.3 Å². The summed E-state index contributed by atoms with van der Waals surface area (Å²) in [5.74, 6) is -0.274. The maximum Gasteiger partial charge on any atom is 0.261 e. The molecule has 3 N–H and O–H groups in total. The molecular formula is C26H26ClN7O3S. The standard InChI is InChI=1S/C26H26ClN7O3S/c1-16(35)29-17-9-12-33(13-10-17)21-14-18(34-11-3-2-4-24(34)36)5-6-19(21)25-20(30-32-31-25)15-28-26(37)22-7-8-23(27)38-22/h2-8,11,14,17H,9-10,12-13,15H2,1H3,(H,28,37)(H,29,35)(H,30,31,32). The first-order chi connectivity index (χ1) is 18.4. The summed E-state index contributed by atoms with van der Waals surface area (Å²) >= 11 is 7.17. The van der Waals surface area contributed by atoms with E-state index in [1.54, 1.807) is 29.0 Å². The number of piperidine rings is 1. The van der Waals surface area contributed by atoms with E-state index in [-0.39, 0.29) is 30.0 Å². The third-order valence-electron chi connectivity index (χ3n) is 6.41. The van der Waals surface area contributed by atoms with E-state index >= 15 is 0 Å². The van der Waals surface area contributed by atoms with E-state index in [1.807, 2.05) is 24.3 Å². The second kappa shape index (κ2) is 11.2. The number of pyridine rings is 1. The van der Waals surface area contributed by atoms with Gasteiger partial charge in [-0.1, -0.05) is 17.7 Å². The van der Waals surface area contributed by atoms with Crippen molar-refractivity contribution in [3.05, 3.63) is 80.0 Å². The summed E-state index contributed by atoms with van der Waals surface area (Å²) < 4.78 is 2.13. The highest BCUT2D eigenvalue weighted by Crippen LogP contribution is 2.34. The van der Waals surface area contributed by atoms with Crippen LogP contribution in [-0.2, 0) is 11.3 Å². The summed E-state index contributed by atoms with van der Waals surface area (Å²) in [6, 6.07) is 14.3. The van der Waals surface area contributed by atoms with E-state index in [4.69, 9.17) is 11.6 Å². The number of hydrogen-bond donors (Lipinski definition) is 3. The lowest BCUT2D eigenvalue weighted by Crippen LogP contribution is -2.44. The van der Waals surface area contributed by atoms with E-state index in [9.17, 15) is 14.4 Å². The molecule has 1 aliphatic rings. The molecule has 3 aromatic heterocycles. The summed E-state index contributed by atoms with van der Waals surface area (Å²) in [5, 5.41) is 17.3. The molecule has 0 bridgehead atoms. The first-order valence-corrected chi connectivity index (χ1v) is 13.4. The van der Waals surface area contributed by atoms with E-state index in [1.165, 1.54) is 24.3 Å². The monoisotopic (exact) mass is 551 g/mol. The van der Waals surface area contributed by atoms with Gasteiger partial charge >= 0.3 is 0 Å². The molecule has 1 saturated heterocycles. The van der Waals surface area contributed by atoms with Crippen LogP contribution >= 0.6 is 22.9 Å². The van der Waals surface area contributed by atoms with E-state index in [0.717, 1.165) is 29.8 Å². The number of hydrogen-bond acceptors (Lipinski definition) is 7. The third kappa shape index (κ3) is 5.63. The molecular weight excluding hydrogens is 526 g/mol. The number of aromatic amines is 1. The number of rotatable bonds is 7. The average molecular weight is 552 g/mol. The van der Waals surface area contributed by atoms with Crippen LogP contribution in [0.1, 0.15) is 35.1 Å². The predicted octanol–water partition coefficient (Wildman–Crippen LogP) is 3.37. The number of nitrogens with zero attached hydrogens (tertiary/aromatic N) is 4. The lowest BCUT2D eigenvalue weighted by molar-refractivity contribution is -0.119. The summed E-state index contributed by atoms with van der Waals surface area (Å²) in [4.78, 5) is 39.4. The van der Waals surface area contributed by atoms with Crippen molar-refractivity contribution < 1.29 is 9.59 Å². The highest BCUT2D eigenvalue weighted by atomic mass is 35.5. The quantitative estimate of drug-likeness (QED) is 0.323. The van der Waals surface area contributed by atoms with Gasteiger partial charge in [0.2, 0.25) is 5.91 Å². The fraction of sp³-hybridized carbons (Fsp3) is 0.269. The van der Waals surface area contributed by atoms with Crippen molar-refractivity contribution in [3.63, 3.8) is 0 Å². The van der Waals surface area contributed by atoms with Crippen molar-refractivity contribution >= 4 is 40.4 Å². The highest BCUT2D eigenvalue weighted by molar-refractivity contribution is 7.18. The van der Waals surface area contributed by atoms with Crippen LogP contribution in [0.4, 0.5) is 5.69 Å². The van der Waals surface area contributed by atoms with Crippen LogP contribution in [-0.4, -0.2) is 50.9 Å². The van der Waals surface area contributed by atoms with Gasteiger partial charge in [0.1, 0.15) is 11.4 Å². The molecule has 1 fully saturated rings. The Labute approximate surface area is 227 Å². The van der Waals surface area contributed by atoms with Crippen molar-refractivity contribution in [2.45, 2.75) is 32.4 Å². The number of aromatic nitrogens is 4. The zero-order valence-electron chi connectivity index (χ0n) is 20.6. The molecule has 0 atom stereocenters. The maximum absolute atomic E-state index is 12.6. The molecule has 4 heterocycles. The lowest BCUT2D eigenvalue weighted by Gasteiger charge is -2.35. The molecule has 0 radical (unpaired) electrons. The first-order valence-electron chi connectivity index (χ1n) is 12.2. The number of benzene rings is 1. The van der Waals surface area contributed by atoms with Crippen LogP contribution < -0.4 is 21.1 Å². The Bertz CT molecular complexity index is 1520. The zero-order valence-corrected chi connectivity index (χ0v) is 22.2. The summed E-state index contributed by atoms with van der Waals surface area (Å²) in [6.07, 6.45) is 3.32. The van der Waals surface area contributed by atoms with Gasteiger partial charge in [-0.05, 0) is 49.2 Å². The summed E-state index contributed by atoms with van der Waals surface area (Å²) in [6.45, 7) is 3.13. The number of nitrogens with one attached hydrogen (secondary N) is 3. The molecule has 0 unspecified atom stereocenters. The van der Waals surface area contributed by atoms with Crippen LogP contribution in [0.5, 0.6) is 0 Å². The second-order valence-corrected chi connectivity index (χ2v) is 10.7. The van der Waals surface area contributed by atoms with Gasteiger partial charge in [-0.25, -0.2) is 0 Å². The zero-order chi connectivity index (χ0) is 26.6. The second-order valence-electron chi connectivity index (χ2n) is 8.98. The Kier molecular flexibility index (Phi) is 7.57. The fourth-order valence-electron chi connectivity index (χ4n) is 4.60. The molecule has 2 amide bonds. The van der Waals surface area contributed by atoms with Gasteiger partial charge in [-0.2, -0.15) is 15.4 Å². The topological polar surface area (TPSA) is 125 Å². The molecule has 12 heteroatoms. The number of carbonyl (C=O) groups excluding carboxylic acids is 2. The number of thiophene rings is 1. The number of halogens is 1. The molecule has 38 heavy (non-hydrogen) atoms. The first kappa shape index (κ1) is 25.7. The minimum Gasteiger partial charge on any atom is -0.371 e. The minimum absolute atomic E-state index is 0.0336. The van der Waals surface area contributed by atoms with Crippen LogP contribution in [0.15, 0.2) is 59.5 Å². The van der Waals surface area contributed by atoms with Gasteiger partial charge in [0, 0.05) is 49.6 Å². The molecule has 0 saturated carbocycles. The normalized spacial score (nSPS) is 13.9. The van der Waals surface area contributed by atoms with E-state index < -0.39 is 0 Å². The molecule has 0 aliphatic carbocycles. The summed E-state index contributed by atoms with van der Waals surface area (Å²) in [5.41, 5.74) is 3.51. The van der Waals surface area contributed by atoms with Gasteiger partial charge in [-0.3, -0.25) is 19.0 Å². The van der Waals surface area contributed by atoms with E-state index in [2.05, 4.69) is 30.9 Å². The smallest absolute Gasteiger partial charge is 0.261 e. The Hall–Kier alpha value is -3.96. The average Bonchev–Trinajstić information content (AvgIpc) is 3.56. The molecule has 4 aromatic rings. The van der Waals surface area contributed by atoms with Crippen molar-refractivity contribution in [2.24, 2.45) is 0 Å². The molecule has 10 nitrogen and oxygen atoms in total. The van der Waals surface area contributed by atoms with Crippen molar-refractivity contribution in [1.82, 2.24) is 30.6 Å². The van der Waals surface area contributed by atoms with Crippen LogP contribution in [0, 0.1) is 0 Å². The van der Waals surface area contributed by atoms with Gasteiger partial charge in [0.15, 0.2) is 0 Å². The minimum atomic E-state index is -0.241. The van der Waals surface area contributed by atoms with Crippen molar-refractivity contribution in [3.8, 4) is 16.9 Å². The fourth-order valence-corrected chi connectivity index (χ4v) is 5.56. The molecule has 1 aromatic carbocycles. The van der Waals surface area contributed by atoms with E-state index in [0.29, 0.717) is 33.7 Å². The van der Waals surface area contributed by atoms with Gasteiger partial charge in [0.25, 0.3) is 11.5 Å². The largest absolute Gasteiger partial charge is 0.371 e. The van der Waals surface area contributed by atoms with Gasteiger partial charge < -0.3 is 15.5 Å². The Morgan fingerprint density at radius 1 is 1.13 bits per heavy atom. The molecule has 0 spiro atoms. The Morgan fingerprint density at radius 3 is 2.66 bits per heavy atom. The SMILES string of the molecule is CC(=O)NC1CCN(c2cc(-n3ccccc3=O)ccc2-c2n[nH]nc2CNC(=O)c2ccc(Cl)s2)CC1. The third-order valence-corrected chi connectivity index (χ3v) is 7.64. The Morgan fingerprint density at radius 2 is 1.95 bits per heavy atom. The number of amides is 2. The van der Waals surface area contributed by atoms with Crippen LogP contribution in [0.25, 0.3) is 16.9 Å². The molecule has 196 valence electrons. The van der Waals surface area contributed by atoms with Crippen LogP contribution in [0.3, 0.4) is 0 Å². The van der Waals surface area contributed by atoms with Gasteiger partial charge in [0.05, 0.1) is 21.4 Å². The number of H-pyrrole nitrogens is 1. The maximum atomic E-state index is 12.6. The molecule has 5 rings (SSSR count). The molecule has 1 aliphatic heterocycles. The lowest BCUT2D eigenvalue weighted by atomic mass is 10.0. The number of carbonyl (C=O) groups is 2. The highest BCUT2D eigenvalue weighted by Gasteiger charge is 2.25. The predicted molar refractivity (Wildman–Crippen MR) is 147 cm³/mol. The summed E-state index contributed by atoms with van der Waals surface area (Å²) in [7, 11) is 0. The number of anilines is 1. The van der Waals surface area contributed by atoms with Crippen molar-refractivity contribution in [2.75, 3.05) is 18.0 Å². The van der Waals surface area contributed by atoms with Crippen LogP contribution in [0.2, 0.25) is 4.34 Å². The Balaban J connectivity index is 1.46.